The Hall–Kier alpha value is -2.47. The minimum Gasteiger partial charge on any atom is -0.221 e. The van der Waals surface area contributed by atoms with E-state index in [1.165, 1.54) is 15.9 Å². The lowest BCUT2D eigenvalue weighted by Gasteiger charge is -2.26. The standard InChI is InChI=1S/C21H20P.CH2F3NO2S/c1-2-18-22(19-12-6-3-7-13-19,20-14-8-4-9-15-20)21-16-10-5-11-17-21;2-1(3,4)8(5,6)7/h2-17H,1,18H2;(H2,5,6,7)/q+1;. The Bertz CT molecular complexity index is 945. The van der Waals surface area contributed by atoms with E-state index in [1.807, 2.05) is 0 Å². The summed E-state index contributed by atoms with van der Waals surface area (Å²) in [7, 11) is -7.01. The van der Waals surface area contributed by atoms with Crippen LogP contribution in [-0.2, 0) is 10.0 Å². The Balaban J connectivity index is 0.000000343. The molecule has 0 aliphatic carbocycles. The third kappa shape index (κ3) is 5.57. The molecule has 8 heteroatoms. The zero-order valence-corrected chi connectivity index (χ0v) is 17.7. The number of halogens is 3. The van der Waals surface area contributed by atoms with Gasteiger partial charge < -0.3 is 0 Å². The minimum atomic E-state index is -5.34. The zero-order valence-electron chi connectivity index (χ0n) is 16.0. The van der Waals surface area contributed by atoms with Crippen molar-refractivity contribution in [2.75, 3.05) is 6.16 Å². The Labute approximate surface area is 175 Å². The first-order chi connectivity index (χ1) is 14.1. The van der Waals surface area contributed by atoms with Gasteiger partial charge in [-0.3, -0.25) is 0 Å². The van der Waals surface area contributed by atoms with Crippen LogP contribution in [0.1, 0.15) is 0 Å². The third-order valence-electron chi connectivity index (χ3n) is 4.32. The minimum absolute atomic E-state index is 0.977. The van der Waals surface area contributed by atoms with Crippen LogP contribution in [0.4, 0.5) is 13.2 Å². The molecular weight excluding hydrogens is 430 g/mol. The van der Waals surface area contributed by atoms with Gasteiger partial charge in [-0.25, -0.2) is 13.6 Å². The van der Waals surface area contributed by atoms with Crippen molar-refractivity contribution in [2.24, 2.45) is 5.14 Å². The van der Waals surface area contributed by atoms with Gasteiger partial charge in [0.05, 0.1) is 6.16 Å². The second-order valence-electron chi connectivity index (χ2n) is 6.28. The maximum Gasteiger partial charge on any atom is 0.511 e. The molecule has 0 aliphatic heterocycles. The molecule has 3 nitrogen and oxygen atoms in total. The summed E-state index contributed by atoms with van der Waals surface area (Å²) in [5.41, 5.74) is -5.31. The van der Waals surface area contributed by atoms with E-state index in [0.29, 0.717) is 0 Å². The summed E-state index contributed by atoms with van der Waals surface area (Å²) in [4.78, 5) is 0. The molecule has 0 aliphatic rings. The van der Waals surface area contributed by atoms with Gasteiger partial charge in [-0.2, -0.15) is 13.2 Å². The molecule has 0 saturated carbocycles. The van der Waals surface area contributed by atoms with E-state index < -0.39 is 22.8 Å². The predicted molar refractivity (Wildman–Crippen MR) is 119 cm³/mol. The molecule has 0 unspecified atom stereocenters. The molecule has 158 valence electrons. The largest absolute Gasteiger partial charge is 0.511 e. The number of alkyl halides is 3. The van der Waals surface area contributed by atoms with Crippen LogP contribution in [0.5, 0.6) is 0 Å². The number of sulfonamides is 1. The van der Waals surface area contributed by atoms with Gasteiger partial charge in [-0.05, 0) is 36.4 Å². The molecule has 3 rings (SSSR count). The lowest BCUT2D eigenvalue weighted by Crippen LogP contribution is -2.32. The van der Waals surface area contributed by atoms with Crippen molar-refractivity contribution in [1.82, 2.24) is 0 Å². The van der Waals surface area contributed by atoms with E-state index in [1.54, 1.807) is 0 Å². The van der Waals surface area contributed by atoms with Gasteiger partial charge >= 0.3 is 15.5 Å². The summed E-state index contributed by atoms with van der Waals surface area (Å²) in [5.74, 6) is 0. The summed E-state index contributed by atoms with van der Waals surface area (Å²) in [5, 5.41) is 7.89. The van der Waals surface area contributed by atoms with Crippen LogP contribution in [-0.4, -0.2) is 20.1 Å². The van der Waals surface area contributed by atoms with Crippen molar-refractivity contribution in [1.29, 1.82) is 0 Å². The fourth-order valence-electron chi connectivity index (χ4n) is 3.00. The monoisotopic (exact) mass is 452 g/mol. The first-order valence-corrected chi connectivity index (χ1v) is 12.4. The van der Waals surface area contributed by atoms with Crippen molar-refractivity contribution in [3.63, 3.8) is 0 Å². The molecule has 0 bridgehead atoms. The molecule has 0 amide bonds. The maximum absolute atomic E-state index is 10.8. The number of hydrogen-bond donors (Lipinski definition) is 1. The highest BCUT2D eigenvalue weighted by atomic mass is 32.2. The van der Waals surface area contributed by atoms with Crippen molar-refractivity contribution >= 4 is 33.2 Å². The van der Waals surface area contributed by atoms with Crippen LogP contribution < -0.4 is 21.1 Å². The van der Waals surface area contributed by atoms with Gasteiger partial charge in [0.2, 0.25) is 0 Å². The number of rotatable bonds is 5. The Morgan fingerprint density at radius 3 is 1.23 bits per heavy atom. The van der Waals surface area contributed by atoms with Crippen LogP contribution in [0.3, 0.4) is 0 Å². The van der Waals surface area contributed by atoms with E-state index in [-0.39, 0.29) is 0 Å². The summed E-state index contributed by atoms with van der Waals surface area (Å²) in [6, 6.07) is 32.7. The molecule has 0 radical (unpaired) electrons. The third-order valence-corrected chi connectivity index (χ3v) is 9.31. The van der Waals surface area contributed by atoms with Crippen molar-refractivity contribution in [3.8, 4) is 0 Å². The highest BCUT2D eigenvalue weighted by Crippen LogP contribution is 2.55. The summed E-state index contributed by atoms with van der Waals surface area (Å²) in [6.45, 7) is 4.05. The van der Waals surface area contributed by atoms with Crippen LogP contribution in [0.15, 0.2) is 104 Å². The zero-order chi connectivity index (χ0) is 22.3. The second kappa shape index (κ2) is 10.0. The molecule has 0 atom stereocenters. The quantitative estimate of drug-likeness (QED) is 0.471. The fraction of sp³-hybridized carbons (Fsp3) is 0.0909. The van der Waals surface area contributed by atoms with E-state index in [4.69, 9.17) is 0 Å². The van der Waals surface area contributed by atoms with Crippen molar-refractivity contribution in [3.05, 3.63) is 104 Å². The van der Waals surface area contributed by atoms with Gasteiger partial charge in [-0.1, -0.05) is 67.3 Å². The van der Waals surface area contributed by atoms with Gasteiger partial charge in [0.1, 0.15) is 23.2 Å². The molecule has 0 aromatic heterocycles. The molecule has 30 heavy (non-hydrogen) atoms. The number of nitrogens with two attached hydrogens (primary N) is 1. The van der Waals surface area contributed by atoms with Crippen LogP contribution in [0.25, 0.3) is 0 Å². The Morgan fingerprint density at radius 2 is 1.03 bits per heavy atom. The summed E-state index contributed by atoms with van der Waals surface area (Å²) >= 11 is 0. The van der Waals surface area contributed by atoms with E-state index in [9.17, 15) is 21.6 Å². The van der Waals surface area contributed by atoms with Crippen molar-refractivity contribution in [2.45, 2.75) is 5.51 Å². The molecule has 0 heterocycles. The van der Waals surface area contributed by atoms with Crippen molar-refractivity contribution < 1.29 is 21.6 Å². The molecule has 0 saturated heterocycles. The normalized spacial score (nSPS) is 11.9. The Morgan fingerprint density at radius 1 is 0.767 bits per heavy atom. The molecular formula is C22H22F3NO2PS+. The predicted octanol–water partition coefficient (Wildman–Crippen LogP) is 3.96. The molecule has 2 N–H and O–H groups in total. The van der Waals surface area contributed by atoms with Gasteiger partial charge in [-0.15, -0.1) is 0 Å². The number of allylic oxidation sites excluding steroid dienone is 1. The Kier molecular flexibility index (Phi) is 7.96. The van der Waals surface area contributed by atoms with E-state index in [0.717, 1.165) is 6.16 Å². The average Bonchev–Trinajstić information content (AvgIpc) is 2.73. The molecule has 3 aromatic carbocycles. The highest BCUT2D eigenvalue weighted by Gasteiger charge is 2.44. The van der Waals surface area contributed by atoms with E-state index in [2.05, 4.69) is 109 Å². The van der Waals surface area contributed by atoms with Crippen LogP contribution in [0.2, 0.25) is 0 Å². The topological polar surface area (TPSA) is 60.2 Å². The highest BCUT2D eigenvalue weighted by molar-refractivity contribution is 7.95. The SMILES string of the molecule is C=CC[P+](c1ccccc1)(c1ccccc1)c1ccccc1.NS(=O)(=O)C(F)(F)F. The smallest absolute Gasteiger partial charge is 0.221 e. The lowest BCUT2D eigenvalue weighted by molar-refractivity contribution is -0.0436. The first-order valence-electron chi connectivity index (χ1n) is 8.88. The first kappa shape index (κ1) is 23.8. The summed E-state index contributed by atoms with van der Waals surface area (Å²) < 4.78 is 51.2. The molecule has 3 aromatic rings. The molecule has 0 fully saturated rings. The number of benzene rings is 3. The van der Waals surface area contributed by atoms with Crippen LogP contribution in [0, 0.1) is 0 Å². The number of primary sulfonamides is 1. The number of hydrogen-bond acceptors (Lipinski definition) is 2. The average molecular weight is 452 g/mol. The lowest BCUT2D eigenvalue weighted by atomic mass is 10.4. The molecule has 0 spiro atoms. The second-order valence-corrected chi connectivity index (χ2v) is 11.4. The summed E-state index contributed by atoms with van der Waals surface area (Å²) in [6.07, 6.45) is 3.05. The fourth-order valence-corrected chi connectivity index (χ4v) is 6.96. The van der Waals surface area contributed by atoms with Crippen LogP contribution >= 0.6 is 7.26 Å². The van der Waals surface area contributed by atoms with Gasteiger partial charge in [0, 0.05) is 0 Å². The van der Waals surface area contributed by atoms with Gasteiger partial charge in [0.25, 0.3) is 0 Å². The van der Waals surface area contributed by atoms with Gasteiger partial charge in [0.15, 0.2) is 0 Å². The maximum atomic E-state index is 10.8. The van der Waals surface area contributed by atoms with E-state index >= 15 is 0 Å².